The topological polar surface area (TPSA) is 68.5 Å². The first-order valence-electron chi connectivity index (χ1n) is 9.83. The summed E-state index contributed by atoms with van der Waals surface area (Å²) in [6.07, 6.45) is 0. The van der Waals surface area contributed by atoms with E-state index in [9.17, 15) is 0 Å². The van der Waals surface area contributed by atoms with Crippen molar-refractivity contribution in [3.8, 4) is 6.07 Å². The van der Waals surface area contributed by atoms with E-state index >= 15 is 0 Å². The highest BCUT2D eigenvalue weighted by atomic mass is 16.5. The predicted octanol–water partition coefficient (Wildman–Crippen LogP) is 2.13. The Hall–Kier alpha value is -2.85. The van der Waals surface area contributed by atoms with Crippen molar-refractivity contribution in [2.75, 3.05) is 67.2 Å². The van der Waals surface area contributed by atoms with E-state index in [-0.39, 0.29) is 0 Å². The molecule has 0 unspecified atom stereocenters. The SMILES string of the molecule is Cc1cc(N2CCN(c3ccc(C#N)c(C)c3)CC2)nc(N2CCOCC2)n1. The molecule has 0 atom stereocenters. The van der Waals surface area contributed by atoms with Crippen LogP contribution in [0.1, 0.15) is 16.8 Å². The van der Waals surface area contributed by atoms with Gasteiger partial charge >= 0.3 is 0 Å². The number of nitriles is 1. The molecule has 146 valence electrons. The molecule has 2 aliphatic rings. The zero-order chi connectivity index (χ0) is 19.5. The number of piperazine rings is 1. The smallest absolute Gasteiger partial charge is 0.227 e. The van der Waals surface area contributed by atoms with Gasteiger partial charge in [-0.05, 0) is 37.6 Å². The van der Waals surface area contributed by atoms with Crippen molar-refractivity contribution < 1.29 is 4.74 Å². The molecule has 0 bridgehead atoms. The van der Waals surface area contributed by atoms with E-state index in [0.717, 1.165) is 81.1 Å². The molecular formula is C21H26N6O. The number of hydrogen-bond acceptors (Lipinski definition) is 7. The van der Waals surface area contributed by atoms with E-state index in [4.69, 9.17) is 15.0 Å². The molecule has 2 aromatic rings. The molecule has 0 spiro atoms. The van der Waals surface area contributed by atoms with Crippen LogP contribution in [0, 0.1) is 25.2 Å². The molecule has 1 aromatic carbocycles. The molecule has 2 aliphatic heterocycles. The second kappa shape index (κ2) is 8.03. The lowest BCUT2D eigenvalue weighted by atomic mass is 10.1. The van der Waals surface area contributed by atoms with Crippen LogP contribution >= 0.6 is 0 Å². The molecule has 0 N–H and O–H groups in total. The minimum Gasteiger partial charge on any atom is -0.378 e. The second-order valence-electron chi connectivity index (χ2n) is 7.35. The van der Waals surface area contributed by atoms with Crippen LogP contribution in [0.25, 0.3) is 0 Å². The Morgan fingerprint density at radius 3 is 2.29 bits per heavy atom. The van der Waals surface area contributed by atoms with Crippen LogP contribution in [0.15, 0.2) is 24.3 Å². The summed E-state index contributed by atoms with van der Waals surface area (Å²) >= 11 is 0. The lowest BCUT2D eigenvalue weighted by molar-refractivity contribution is 0.122. The summed E-state index contributed by atoms with van der Waals surface area (Å²) in [4.78, 5) is 16.4. The Morgan fingerprint density at radius 1 is 0.893 bits per heavy atom. The van der Waals surface area contributed by atoms with Crippen molar-refractivity contribution in [2.24, 2.45) is 0 Å². The largest absolute Gasteiger partial charge is 0.378 e. The summed E-state index contributed by atoms with van der Waals surface area (Å²) in [5.41, 5.74) is 3.96. The molecule has 3 heterocycles. The number of aryl methyl sites for hydroxylation is 2. The maximum absolute atomic E-state index is 9.13. The maximum Gasteiger partial charge on any atom is 0.227 e. The average molecular weight is 378 g/mol. The summed E-state index contributed by atoms with van der Waals surface area (Å²) in [5.74, 6) is 1.81. The Bertz CT molecular complexity index is 879. The average Bonchev–Trinajstić information content (AvgIpc) is 2.74. The number of ether oxygens (including phenoxy) is 1. The Kier molecular flexibility index (Phi) is 5.31. The number of nitrogens with zero attached hydrogens (tertiary/aromatic N) is 6. The van der Waals surface area contributed by atoms with Gasteiger partial charge in [0, 0.05) is 56.7 Å². The molecule has 7 nitrogen and oxygen atoms in total. The molecule has 0 saturated carbocycles. The summed E-state index contributed by atoms with van der Waals surface area (Å²) in [5, 5.41) is 9.13. The molecule has 7 heteroatoms. The van der Waals surface area contributed by atoms with Gasteiger partial charge in [-0.2, -0.15) is 10.2 Å². The molecule has 1 aromatic heterocycles. The lowest BCUT2D eigenvalue weighted by Gasteiger charge is -2.37. The monoisotopic (exact) mass is 378 g/mol. The van der Waals surface area contributed by atoms with Crippen LogP contribution in [-0.4, -0.2) is 62.5 Å². The number of aromatic nitrogens is 2. The normalized spacial score (nSPS) is 17.5. The molecule has 0 aliphatic carbocycles. The van der Waals surface area contributed by atoms with E-state index in [0.29, 0.717) is 0 Å². The Morgan fingerprint density at radius 2 is 1.61 bits per heavy atom. The third-order valence-electron chi connectivity index (χ3n) is 5.42. The quantitative estimate of drug-likeness (QED) is 0.810. The Balaban J connectivity index is 1.45. The zero-order valence-corrected chi connectivity index (χ0v) is 16.6. The standard InChI is InChI=1S/C21H26N6O/c1-16-13-19(4-3-18(16)15-22)25-5-7-26(8-6-25)20-14-17(2)23-21(24-20)27-9-11-28-12-10-27/h3-4,13-14H,5-12H2,1-2H3. The van der Waals surface area contributed by atoms with E-state index in [2.05, 4.69) is 37.9 Å². The van der Waals surface area contributed by atoms with Gasteiger partial charge in [-0.15, -0.1) is 0 Å². The van der Waals surface area contributed by atoms with Crippen molar-refractivity contribution in [1.29, 1.82) is 5.26 Å². The fourth-order valence-corrected chi connectivity index (χ4v) is 3.77. The molecule has 2 saturated heterocycles. The van der Waals surface area contributed by atoms with Crippen LogP contribution < -0.4 is 14.7 Å². The highest BCUT2D eigenvalue weighted by Gasteiger charge is 2.21. The molecule has 0 amide bonds. The van der Waals surface area contributed by atoms with Crippen LogP contribution in [0.3, 0.4) is 0 Å². The lowest BCUT2D eigenvalue weighted by Crippen LogP contribution is -2.47. The van der Waals surface area contributed by atoms with Gasteiger partial charge in [-0.3, -0.25) is 0 Å². The molecule has 0 radical (unpaired) electrons. The first-order valence-corrected chi connectivity index (χ1v) is 9.83. The summed E-state index contributed by atoms with van der Waals surface area (Å²) in [7, 11) is 0. The van der Waals surface area contributed by atoms with Crippen molar-refractivity contribution in [2.45, 2.75) is 13.8 Å². The fourth-order valence-electron chi connectivity index (χ4n) is 3.77. The number of rotatable bonds is 3. The van der Waals surface area contributed by atoms with E-state index in [1.807, 2.05) is 26.0 Å². The third-order valence-corrected chi connectivity index (χ3v) is 5.42. The maximum atomic E-state index is 9.13. The highest BCUT2D eigenvalue weighted by molar-refractivity contribution is 5.55. The number of hydrogen-bond donors (Lipinski definition) is 0. The summed E-state index contributed by atoms with van der Waals surface area (Å²) in [6, 6.07) is 10.4. The van der Waals surface area contributed by atoms with E-state index < -0.39 is 0 Å². The highest BCUT2D eigenvalue weighted by Crippen LogP contribution is 2.23. The summed E-state index contributed by atoms with van der Waals surface area (Å²) in [6.45, 7) is 10.9. The van der Waals surface area contributed by atoms with Crippen molar-refractivity contribution in [1.82, 2.24) is 9.97 Å². The van der Waals surface area contributed by atoms with Gasteiger partial charge in [-0.1, -0.05) is 0 Å². The van der Waals surface area contributed by atoms with Gasteiger partial charge in [0.25, 0.3) is 0 Å². The van der Waals surface area contributed by atoms with E-state index in [1.54, 1.807) is 0 Å². The summed E-state index contributed by atoms with van der Waals surface area (Å²) < 4.78 is 5.44. The minimum atomic E-state index is 0.731. The van der Waals surface area contributed by atoms with Gasteiger partial charge in [-0.25, -0.2) is 4.98 Å². The van der Waals surface area contributed by atoms with Gasteiger partial charge in [0.15, 0.2) is 0 Å². The molecular weight excluding hydrogens is 352 g/mol. The fraction of sp³-hybridized carbons (Fsp3) is 0.476. The van der Waals surface area contributed by atoms with Gasteiger partial charge in [0.2, 0.25) is 5.95 Å². The number of benzene rings is 1. The van der Waals surface area contributed by atoms with Gasteiger partial charge in [0.1, 0.15) is 5.82 Å². The molecule has 2 fully saturated rings. The zero-order valence-electron chi connectivity index (χ0n) is 16.6. The Labute approximate surface area is 166 Å². The van der Waals surface area contributed by atoms with Crippen LogP contribution in [0.5, 0.6) is 0 Å². The van der Waals surface area contributed by atoms with Crippen LogP contribution in [0.4, 0.5) is 17.5 Å². The molecule has 28 heavy (non-hydrogen) atoms. The predicted molar refractivity (Wildman–Crippen MR) is 110 cm³/mol. The first-order chi connectivity index (χ1) is 13.6. The van der Waals surface area contributed by atoms with E-state index in [1.165, 1.54) is 5.69 Å². The first kappa shape index (κ1) is 18.5. The van der Waals surface area contributed by atoms with Gasteiger partial charge in [0.05, 0.1) is 24.8 Å². The van der Waals surface area contributed by atoms with Crippen molar-refractivity contribution >= 4 is 17.5 Å². The van der Waals surface area contributed by atoms with Crippen LogP contribution in [0.2, 0.25) is 0 Å². The number of anilines is 3. The number of morpholine rings is 1. The van der Waals surface area contributed by atoms with Crippen molar-refractivity contribution in [3.63, 3.8) is 0 Å². The van der Waals surface area contributed by atoms with Crippen molar-refractivity contribution in [3.05, 3.63) is 41.1 Å². The minimum absolute atomic E-state index is 0.731. The van der Waals surface area contributed by atoms with Crippen LogP contribution in [-0.2, 0) is 4.74 Å². The second-order valence-corrected chi connectivity index (χ2v) is 7.35. The third kappa shape index (κ3) is 3.87. The molecule has 4 rings (SSSR count). The van der Waals surface area contributed by atoms with Gasteiger partial charge < -0.3 is 19.4 Å².